The van der Waals surface area contributed by atoms with E-state index in [-0.39, 0.29) is 18.3 Å². The number of halogens is 4. The molecule has 0 spiro atoms. The molecule has 13 heteroatoms. The number of imidazole rings is 1. The summed E-state index contributed by atoms with van der Waals surface area (Å²) < 4.78 is 48.6. The van der Waals surface area contributed by atoms with Crippen LogP contribution in [-0.4, -0.2) is 73.6 Å². The van der Waals surface area contributed by atoms with Crippen molar-refractivity contribution < 1.29 is 17.9 Å². The number of alkyl halides is 3. The van der Waals surface area contributed by atoms with Crippen molar-refractivity contribution >= 4 is 40.1 Å². The summed E-state index contributed by atoms with van der Waals surface area (Å²) in [6, 6.07) is 5.05. The van der Waals surface area contributed by atoms with Gasteiger partial charge in [0.15, 0.2) is 5.82 Å². The van der Waals surface area contributed by atoms with Crippen LogP contribution < -0.4 is 15.9 Å². The Morgan fingerprint density at radius 2 is 1.85 bits per heavy atom. The van der Waals surface area contributed by atoms with Crippen molar-refractivity contribution in [3.05, 3.63) is 39.9 Å². The lowest BCUT2D eigenvalue weighted by Crippen LogP contribution is -2.57. The van der Waals surface area contributed by atoms with Crippen molar-refractivity contribution in [2.24, 2.45) is 7.05 Å². The van der Waals surface area contributed by atoms with Gasteiger partial charge < -0.3 is 15.0 Å². The highest BCUT2D eigenvalue weighted by Gasteiger charge is 2.39. The molecular weight excluding hydrogens is 547 g/mol. The first-order chi connectivity index (χ1) is 18.6. The number of hydrogen-bond acceptors (Lipinski definition) is 7. The van der Waals surface area contributed by atoms with Gasteiger partial charge in [-0.25, -0.2) is 9.78 Å². The second-order valence-corrected chi connectivity index (χ2v) is 12.4. The number of likely N-dealkylation sites (tertiary alicyclic amines) is 1. The van der Waals surface area contributed by atoms with E-state index >= 15 is 0 Å². The molecule has 1 atom stereocenters. The molecule has 2 saturated heterocycles. The number of ether oxygens (including phenoxy) is 1. The Bertz CT molecular complexity index is 1450. The number of hydrogen-bond donors (Lipinski definition) is 1. The van der Waals surface area contributed by atoms with Gasteiger partial charge in [-0.2, -0.15) is 18.2 Å². The lowest BCUT2D eigenvalue weighted by atomic mass is 9.99. The molecule has 1 aromatic carbocycles. The zero-order valence-electron chi connectivity index (χ0n) is 23.3. The van der Waals surface area contributed by atoms with Crippen molar-refractivity contribution in [2.45, 2.75) is 70.5 Å². The van der Waals surface area contributed by atoms with Crippen molar-refractivity contribution in [3.8, 4) is 0 Å². The first-order valence-electron chi connectivity index (χ1n) is 13.4. The van der Waals surface area contributed by atoms with Gasteiger partial charge in [0.05, 0.1) is 35.0 Å². The Kier molecular flexibility index (Phi) is 7.33. The van der Waals surface area contributed by atoms with Crippen LogP contribution in [0.4, 0.5) is 30.6 Å². The van der Waals surface area contributed by atoms with E-state index in [2.05, 4.69) is 15.2 Å². The van der Waals surface area contributed by atoms with Crippen molar-refractivity contribution in [1.82, 2.24) is 24.0 Å². The molecule has 3 aromatic rings. The van der Waals surface area contributed by atoms with E-state index in [0.29, 0.717) is 66.0 Å². The SMILES string of the molecule is Cn1c(=O)n(C[C@@H]2CCCN2CC(F)(F)F)c2cc(Nc3nc(N4CC(C)(C)OC(C)(C)C4)ncc3Cl)ccc21. The van der Waals surface area contributed by atoms with Gasteiger partial charge in [-0.1, -0.05) is 11.6 Å². The highest BCUT2D eigenvalue weighted by molar-refractivity contribution is 6.32. The van der Waals surface area contributed by atoms with Gasteiger partial charge in [-0.3, -0.25) is 14.0 Å². The molecule has 2 aliphatic rings. The fourth-order valence-corrected chi connectivity index (χ4v) is 6.22. The molecule has 9 nitrogen and oxygen atoms in total. The largest absolute Gasteiger partial charge is 0.401 e. The van der Waals surface area contributed by atoms with E-state index in [1.165, 1.54) is 9.47 Å². The second kappa shape index (κ2) is 10.2. The minimum absolute atomic E-state index is 0.177. The fraction of sp³-hybridized carbons (Fsp3) is 0.593. The topological polar surface area (TPSA) is 80.5 Å². The van der Waals surface area contributed by atoms with Crippen LogP contribution in [0.3, 0.4) is 0 Å². The smallest absolute Gasteiger partial charge is 0.366 e. The summed E-state index contributed by atoms with van der Waals surface area (Å²) in [5, 5.41) is 3.58. The minimum atomic E-state index is -4.29. The van der Waals surface area contributed by atoms with Gasteiger partial charge >= 0.3 is 11.9 Å². The van der Waals surface area contributed by atoms with Gasteiger partial charge in [-0.15, -0.1) is 0 Å². The zero-order chi connectivity index (χ0) is 29.0. The lowest BCUT2D eigenvalue weighted by Gasteiger charge is -2.47. The van der Waals surface area contributed by atoms with Crippen LogP contribution in [0.15, 0.2) is 29.2 Å². The number of morpholine rings is 1. The average molecular weight is 582 g/mol. The Labute approximate surface area is 235 Å². The maximum atomic E-state index is 13.1. The summed E-state index contributed by atoms with van der Waals surface area (Å²) in [6.45, 7) is 8.88. The highest BCUT2D eigenvalue weighted by atomic mass is 35.5. The summed E-state index contributed by atoms with van der Waals surface area (Å²) in [7, 11) is 1.66. The molecule has 0 bridgehead atoms. The van der Waals surface area contributed by atoms with Crippen LogP contribution in [0.25, 0.3) is 11.0 Å². The van der Waals surface area contributed by atoms with Gasteiger partial charge in [0.2, 0.25) is 5.95 Å². The predicted octanol–water partition coefficient (Wildman–Crippen LogP) is 4.95. The van der Waals surface area contributed by atoms with Crippen molar-refractivity contribution in [3.63, 3.8) is 0 Å². The molecule has 0 saturated carbocycles. The molecule has 40 heavy (non-hydrogen) atoms. The minimum Gasteiger partial charge on any atom is -0.366 e. The van der Waals surface area contributed by atoms with Crippen LogP contribution in [0.1, 0.15) is 40.5 Å². The summed E-state index contributed by atoms with van der Waals surface area (Å²) in [4.78, 5) is 25.8. The highest BCUT2D eigenvalue weighted by Crippen LogP contribution is 2.33. The van der Waals surface area contributed by atoms with Crippen LogP contribution in [-0.2, 0) is 18.3 Å². The number of benzene rings is 1. The third-order valence-corrected chi connectivity index (χ3v) is 7.67. The summed E-state index contributed by atoms with van der Waals surface area (Å²) in [5.74, 6) is 0.921. The Balaban J connectivity index is 1.43. The first kappa shape index (κ1) is 28.7. The third-order valence-electron chi connectivity index (χ3n) is 7.39. The molecule has 4 heterocycles. The zero-order valence-corrected chi connectivity index (χ0v) is 24.1. The lowest BCUT2D eigenvalue weighted by molar-refractivity contribution is -0.148. The van der Waals surface area contributed by atoms with Crippen molar-refractivity contribution in [1.29, 1.82) is 0 Å². The number of aromatic nitrogens is 4. The van der Waals surface area contributed by atoms with Crippen LogP contribution in [0, 0.1) is 0 Å². The molecule has 218 valence electrons. The molecular formula is C27H35ClF3N7O2. The first-order valence-corrected chi connectivity index (χ1v) is 13.7. The number of rotatable bonds is 6. The third kappa shape index (κ3) is 6.08. The van der Waals surface area contributed by atoms with Crippen LogP contribution in [0.2, 0.25) is 5.02 Å². The van der Waals surface area contributed by atoms with E-state index in [4.69, 9.17) is 21.3 Å². The second-order valence-electron chi connectivity index (χ2n) is 12.0. The Morgan fingerprint density at radius 3 is 2.52 bits per heavy atom. The molecule has 5 rings (SSSR count). The summed E-state index contributed by atoms with van der Waals surface area (Å²) >= 11 is 6.47. The van der Waals surface area contributed by atoms with E-state index in [1.54, 1.807) is 29.9 Å². The standard InChI is InChI=1S/C27H35ClF3N7O2/c1-25(2)14-37(15-26(3,4)40-25)23-32-12-19(28)22(34-23)33-17-8-9-20-21(11-17)38(24(39)35(20)5)13-18-7-6-10-36(18)16-27(29,30)31/h8-9,11-12,18H,6-7,10,13-16H2,1-5H3,(H,32,33,34)/t18-/m0/s1. The van der Waals surface area contributed by atoms with E-state index in [1.807, 2.05) is 33.8 Å². The number of nitrogens with zero attached hydrogens (tertiary/aromatic N) is 6. The Hall–Kier alpha value is -2.83. The normalized spacial score (nSPS) is 21.3. The average Bonchev–Trinajstić information content (AvgIpc) is 3.34. The van der Waals surface area contributed by atoms with Crippen molar-refractivity contribution in [2.75, 3.05) is 36.4 Å². The number of anilines is 3. The summed E-state index contributed by atoms with van der Waals surface area (Å²) in [5.41, 5.74) is 0.886. The maximum absolute atomic E-state index is 13.1. The number of aryl methyl sites for hydroxylation is 1. The molecule has 0 amide bonds. The quantitative estimate of drug-likeness (QED) is 0.441. The maximum Gasteiger partial charge on any atom is 0.401 e. The van der Waals surface area contributed by atoms with E-state index in [9.17, 15) is 18.0 Å². The van der Waals surface area contributed by atoms with Gasteiger partial charge in [-0.05, 0) is 65.3 Å². The van der Waals surface area contributed by atoms with E-state index < -0.39 is 23.9 Å². The summed E-state index contributed by atoms with van der Waals surface area (Å²) in [6.07, 6.45) is -1.47. The molecule has 2 fully saturated rings. The molecule has 2 aliphatic heterocycles. The van der Waals surface area contributed by atoms with E-state index in [0.717, 1.165) is 0 Å². The molecule has 0 radical (unpaired) electrons. The van der Waals surface area contributed by atoms with Gasteiger partial charge in [0, 0.05) is 38.4 Å². The molecule has 0 unspecified atom stereocenters. The Morgan fingerprint density at radius 1 is 1.15 bits per heavy atom. The predicted molar refractivity (Wildman–Crippen MR) is 150 cm³/mol. The van der Waals surface area contributed by atoms with Gasteiger partial charge in [0.1, 0.15) is 5.02 Å². The molecule has 0 aliphatic carbocycles. The number of nitrogens with one attached hydrogen (secondary N) is 1. The molecule has 1 N–H and O–H groups in total. The number of fused-ring (bicyclic) bond motifs is 1. The van der Waals surface area contributed by atoms with Gasteiger partial charge in [0.25, 0.3) is 0 Å². The molecule has 2 aromatic heterocycles. The van der Waals surface area contributed by atoms with Crippen LogP contribution >= 0.6 is 11.6 Å². The fourth-order valence-electron chi connectivity index (χ4n) is 6.08. The monoisotopic (exact) mass is 581 g/mol. The van der Waals surface area contributed by atoms with Crippen LogP contribution in [0.5, 0.6) is 0 Å².